The Hall–Kier alpha value is -1.00. The summed E-state index contributed by atoms with van der Waals surface area (Å²) in [6.07, 6.45) is 0. The number of amides is 1. The van der Waals surface area contributed by atoms with Crippen LogP contribution in [0.15, 0.2) is 18.2 Å². The average molecular weight is 264 g/mol. The van der Waals surface area contributed by atoms with E-state index in [1.54, 1.807) is 11.8 Å². The highest BCUT2D eigenvalue weighted by Crippen LogP contribution is 2.19. The van der Waals surface area contributed by atoms with Crippen LogP contribution in [0.4, 0.5) is 0 Å². The Morgan fingerprint density at radius 1 is 1.50 bits per heavy atom. The second kappa shape index (κ2) is 5.76. The number of hydrogen-bond donors (Lipinski definition) is 2. The third-order valence-electron chi connectivity index (χ3n) is 3.28. The van der Waals surface area contributed by atoms with Crippen molar-refractivity contribution in [3.05, 3.63) is 34.9 Å². The SMILES string of the molecule is Cc1ccc(C(C)NC(=O)C2CSCN2)c(C)c1. The Kier molecular flexibility index (Phi) is 4.30. The molecule has 3 nitrogen and oxygen atoms in total. The van der Waals surface area contributed by atoms with Crippen molar-refractivity contribution in [1.29, 1.82) is 0 Å². The quantitative estimate of drug-likeness (QED) is 0.879. The highest BCUT2D eigenvalue weighted by Gasteiger charge is 2.24. The number of hydrogen-bond acceptors (Lipinski definition) is 3. The maximum Gasteiger partial charge on any atom is 0.238 e. The van der Waals surface area contributed by atoms with Crippen LogP contribution in [0.25, 0.3) is 0 Å². The summed E-state index contributed by atoms with van der Waals surface area (Å²) in [5.41, 5.74) is 3.68. The number of benzene rings is 1. The molecule has 0 radical (unpaired) electrons. The van der Waals surface area contributed by atoms with Gasteiger partial charge in [0.1, 0.15) is 0 Å². The highest BCUT2D eigenvalue weighted by atomic mass is 32.2. The summed E-state index contributed by atoms with van der Waals surface area (Å²) in [6.45, 7) is 6.21. The minimum Gasteiger partial charge on any atom is -0.348 e. The minimum atomic E-state index is -0.0387. The summed E-state index contributed by atoms with van der Waals surface area (Å²) in [5, 5.41) is 6.27. The second-order valence-corrected chi connectivity index (χ2v) is 5.89. The van der Waals surface area contributed by atoms with E-state index in [1.807, 2.05) is 6.92 Å². The van der Waals surface area contributed by atoms with Crippen LogP contribution >= 0.6 is 11.8 Å². The summed E-state index contributed by atoms with van der Waals surface area (Å²) >= 11 is 1.77. The highest BCUT2D eigenvalue weighted by molar-refractivity contribution is 7.99. The van der Waals surface area contributed by atoms with E-state index in [4.69, 9.17) is 0 Å². The lowest BCUT2D eigenvalue weighted by Crippen LogP contribution is -2.43. The van der Waals surface area contributed by atoms with Gasteiger partial charge in [-0.05, 0) is 31.9 Å². The van der Waals surface area contributed by atoms with E-state index in [1.165, 1.54) is 16.7 Å². The van der Waals surface area contributed by atoms with E-state index < -0.39 is 0 Å². The van der Waals surface area contributed by atoms with E-state index >= 15 is 0 Å². The van der Waals surface area contributed by atoms with Crippen molar-refractivity contribution in [1.82, 2.24) is 10.6 Å². The molecule has 1 aromatic carbocycles. The van der Waals surface area contributed by atoms with Crippen molar-refractivity contribution >= 4 is 17.7 Å². The molecule has 0 aromatic heterocycles. The van der Waals surface area contributed by atoms with Crippen LogP contribution in [0, 0.1) is 13.8 Å². The fourth-order valence-corrected chi connectivity index (χ4v) is 3.21. The summed E-state index contributed by atoms with van der Waals surface area (Å²) in [7, 11) is 0. The molecule has 1 heterocycles. The molecule has 0 saturated carbocycles. The van der Waals surface area contributed by atoms with Gasteiger partial charge in [0.15, 0.2) is 0 Å². The first kappa shape index (κ1) is 13.4. The van der Waals surface area contributed by atoms with Crippen molar-refractivity contribution in [2.24, 2.45) is 0 Å². The van der Waals surface area contributed by atoms with E-state index in [-0.39, 0.29) is 18.0 Å². The first-order valence-electron chi connectivity index (χ1n) is 6.26. The largest absolute Gasteiger partial charge is 0.348 e. The topological polar surface area (TPSA) is 41.1 Å². The monoisotopic (exact) mass is 264 g/mol. The first-order chi connectivity index (χ1) is 8.58. The van der Waals surface area contributed by atoms with Crippen molar-refractivity contribution in [2.45, 2.75) is 32.9 Å². The van der Waals surface area contributed by atoms with Gasteiger partial charge in [0.2, 0.25) is 5.91 Å². The fraction of sp³-hybridized carbons (Fsp3) is 0.500. The fourth-order valence-electron chi connectivity index (χ4n) is 2.27. The van der Waals surface area contributed by atoms with Crippen LogP contribution < -0.4 is 10.6 Å². The van der Waals surface area contributed by atoms with Crippen LogP contribution in [0.2, 0.25) is 0 Å². The van der Waals surface area contributed by atoms with E-state index in [0.717, 1.165) is 11.6 Å². The maximum atomic E-state index is 12.0. The van der Waals surface area contributed by atoms with E-state index in [0.29, 0.717) is 0 Å². The number of carbonyl (C=O) groups excluding carboxylic acids is 1. The number of thioether (sulfide) groups is 1. The molecule has 2 unspecified atom stereocenters. The van der Waals surface area contributed by atoms with Crippen LogP contribution in [-0.4, -0.2) is 23.6 Å². The lowest BCUT2D eigenvalue weighted by Gasteiger charge is -2.19. The van der Waals surface area contributed by atoms with Gasteiger partial charge in [0.25, 0.3) is 0 Å². The molecule has 4 heteroatoms. The van der Waals surface area contributed by atoms with Gasteiger partial charge in [0.05, 0.1) is 12.1 Å². The van der Waals surface area contributed by atoms with Gasteiger partial charge >= 0.3 is 0 Å². The van der Waals surface area contributed by atoms with Gasteiger partial charge in [-0.1, -0.05) is 23.8 Å². The van der Waals surface area contributed by atoms with Gasteiger partial charge < -0.3 is 5.32 Å². The predicted molar refractivity (Wildman–Crippen MR) is 76.7 cm³/mol. The molecule has 98 valence electrons. The summed E-state index contributed by atoms with van der Waals surface area (Å²) in [6, 6.07) is 6.37. The van der Waals surface area contributed by atoms with E-state index in [9.17, 15) is 4.79 Å². The van der Waals surface area contributed by atoms with Gasteiger partial charge in [0, 0.05) is 11.6 Å². The zero-order valence-corrected chi connectivity index (χ0v) is 11.9. The molecule has 2 rings (SSSR count). The van der Waals surface area contributed by atoms with Gasteiger partial charge in [-0.25, -0.2) is 0 Å². The third kappa shape index (κ3) is 3.06. The standard InChI is InChI=1S/C14H20N2OS/c1-9-4-5-12(10(2)6-9)11(3)16-14(17)13-7-18-8-15-13/h4-6,11,13,15H,7-8H2,1-3H3,(H,16,17). The second-order valence-electron chi connectivity index (χ2n) is 4.86. The smallest absolute Gasteiger partial charge is 0.238 e. The molecule has 2 N–H and O–H groups in total. The van der Waals surface area contributed by atoms with Crippen LogP contribution in [-0.2, 0) is 4.79 Å². The zero-order valence-electron chi connectivity index (χ0n) is 11.1. The molecular formula is C14H20N2OS. The Labute approximate surface area is 113 Å². The van der Waals surface area contributed by atoms with Crippen molar-refractivity contribution in [3.8, 4) is 0 Å². The van der Waals surface area contributed by atoms with Crippen molar-refractivity contribution in [3.63, 3.8) is 0 Å². The Morgan fingerprint density at radius 3 is 2.89 bits per heavy atom. The predicted octanol–water partition coefficient (Wildman–Crippen LogP) is 2.14. The molecular weight excluding hydrogens is 244 g/mol. The summed E-state index contributed by atoms with van der Waals surface area (Å²) in [5.74, 6) is 1.84. The summed E-state index contributed by atoms with van der Waals surface area (Å²) < 4.78 is 0. The number of carbonyl (C=O) groups is 1. The molecule has 1 saturated heterocycles. The molecule has 2 atom stereocenters. The molecule has 0 bridgehead atoms. The molecule has 1 aliphatic heterocycles. The van der Waals surface area contributed by atoms with Gasteiger partial charge in [-0.15, -0.1) is 11.8 Å². The Balaban J connectivity index is 2.02. The van der Waals surface area contributed by atoms with Crippen LogP contribution in [0.1, 0.15) is 29.7 Å². The van der Waals surface area contributed by atoms with Gasteiger partial charge in [-0.3, -0.25) is 10.1 Å². The molecule has 1 aliphatic rings. The Bertz CT molecular complexity index is 441. The average Bonchev–Trinajstić information content (AvgIpc) is 2.81. The molecule has 0 spiro atoms. The number of aryl methyl sites for hydroxylation is 2. The number of rotatable bonds is 3. The summed E-state index contributed by atoms with van der Waals surface area (Å²) in [4.78, 5) is 12.0. The molecule has 1 fully saturated rings. The lowest BCUT2D eigenvalue weighted by molar-refractivity contribution is -0.123. The molecule has 18 heavy (non-hydrogen) atoms. The third-order valence-corrected chi connectivity index (χ3v) is 4.22. The normalized spacial score (nSPS) is 20.7. The van der Waals surface area contributed by atoms with Crippen molar-refractivity contribution in [2.75, 3.05) is 11.6 Å². The zero-order chi connectivity index (χ0) is 13.1. The molecule has 0 aliphatic carbocycles. The molecule has 1 amide bonds. The minimum absolute atomic E-state index is 0.0387. The van der Waals surface area contributed by atoms with Crippen molar-refractivity contribution < 1.29 is 4.79 Å². The van der Waals surface area contributed by atoms with Gasteiger partial charge in [-0.2, -0.15) is 0 Å². The van der Waals surface area contributed by atoms with E-state index in [2.05, 4.69) is 42.7 Å². The first-order valence-corrected chi connectivity index (χ1v) is 7.42. The van der Waals surface area contributed by atoms with Crippen LogP contribution in [0.5, 0.6) is 0 Å². The maximum absolute atomic E-state index is 12.0. The Morgan fingerprint density at radius 2 is 2.28 bits per heavy atom. The van der Waals surface area contributed by atoms with Crippen LogP contribution in [0.3, 0.4) is 0 Å². The number of nitrogens with one attached hydrogen (secondary N) is 2. The lowest BCUT2D eigenvalue weighted by atomic mass is 10.00. The molecule has 1 aromatic rings.